The number of imide groups is 1. The normalized spacial score (nSPS) is 27.2. The van der Waals surface area contributed by atoms with Crippen LogP contribution in [0.3, 0.4) is 0 Å². The molecule has 0 spiro atoms. The smallest absolute Gasteiger partial charge is 0.245 e. The second-order valence-electron chi connectivity index (χ2n) is 10.7. The van der Waals surface area contributed by atoms with Crippen molar-refractivity contribution in [2.75, 3.05) is 45.8 Å². The summed E-state index contributed by atoms with van der Waals surface area (Å²) >= 11 is 0. The van der Waals surface area contributed by atoms with Gasteiger partial charge in [-0.2, -0.15) is 0 Å². The molecular formula is C26H40N4O4. The zero-order chi connectivity index (χ0) is 24.2. The predicted molar refractivity (Wildman–Crippen MR) is 129 cm³/mol. The third kappa shape index (κ3) is 5.37. The quantitative estimate of drug-likeness (QED) is 0.436. The summed E-state index contributed by atoms with van der Waals surface area (Å²) in [7, 11) is 0. The van der Waals surface area contributed by atoms with E-state index < -0.39 is 6.04 Å². The Labute approximate surface area is 203 Å². The molecule has 0 radical (unpaired) electrons. The van der Waals surface area contributed by atoms with Crippen molar-refractivity contribution >= 4 is 23.6 Å². The van der Waals surface area contributed by atoms with E-state index in [1.807, 2.05) is 30.9 Å². The van der Waals surface area contributed by atoms with Crippen LogP contribution in [0, 0.1) is 17.8 Å². The van der Waals surface area contributed by atoms with Crippen molar-refractivity contribution in [3.63, 3.8) is 0 Å². The standard InChI is InChI=1S/C26H40N4O4/c1-19(2)17-22(30-24(32)20-9-5-6-10-21(20)25(30)33)26(34)29-15-13-27(14-16-29)18-23(31)28-11-7-3-4-8-12-28/h5-6,19-22H,3-4,7-18H2,1-2H3. The molecule has 0 N–H and O–H groups in total. The van der Waals surface area contributed by atoms with Crippen LogP contribution in [-0.2, 0) is 19.2 Å². The summed E-state index contributed by atoms with van der Waals surface area (Å²) in [4.78, 5) is 59.9. The van der Waals surface area contributed by atoms with Crippen molar-refractivity contribution in [3.05, 3.63) is 12.2 Å². The predicted octanol–water partition coefficient (Wildman–Crippen LogP) is 1.90. The van der Waals surface area contributed by atoms with E-state index in [-0.39, 0.29) is 41.4 Å². The lowest BCUT2D eigenvalue weighted by Crippen LogP contribution is -2.57. The molecule has 3 fully saturated rings. The van der Waals surface area contributed by atoms with Crippen molar-refractivity contribution in [1.82, 2.24) is 19.6 Å². The van der Waals surface area contributed by atoms with Gasteiger partial charge in [-0.3, -0.25) is 29.0 Å². The van der Waals surface area contributed by atoms with Crippen LogP contribution >= 0.6 is 0 Å². The summed E-state index contributed by atoms with van der Waals surface area (Å²) in [5, 5.41) is 0. The number of likely N-dealkylation sites (tertiary alicyclic amines) is 2. The second-order valence-corrected chi connectivity index (χ2v) is 10.7. The van der Waals surface area contributed by atoms with Gasteiger partial charge in [0.2, 0.25) is 23.6 Å². The monoisotopic (exact) mass is 472 g/mol. The number of hydrogen-bond donors (Lipinski definition) is 0. The van der Waals surface area contributed by atoms with Crippen molar-refractivity contribution in [3.8, 4) is 0 Å². The van der Waals surface area contributed by atoms with Gasteiger partial charge in [-0.25, -0.2) is 0 Å². The number of hydrogen-bond acceptors (Lipinski definition) is 5. The Morgan fingerprint density at radius 2 is 1.38 bits per heavy atom. The van der Waals surface area contributed by atoms with Gasteiger partial charge >= 0.3 is 0 Å². The number of nitrogens with zero attached hydrogens (tertiary/aromatic N) is 4. The number of amides is 4. The number of rotatable bonds is 6. The first-order valence-corrected chi connectivity index (χ1v) is 13.2. The minimum Gasteiger partial charge on any atom is -0.342 e. The lowest BCUT2D eigenvalue weighted by atomic mass is 9.85. The highest BCUT2D eigenvalue weighted by Gasteiger charge is 2.51. The van der Waals surface area contributed by atoms with Crippen LogP contribution in [0.1, 0.15) is 58.8 Å². The lowest BCUT2D eigenvalue weighted by Gasteiger charge is -2.38. The molecule has 3 saturated heterocycles. The van der Waals surface area contributed by atoms with Gasteiger partial charge in [0.15, 0.2) is 0 Å². The Morgan fingerprint density at radius 1 is 0.824 bits per heavy atom. The van der Waals surface area contributed by atoms with Gasteiger partial charge in [-0.05, 0) is 38.0 Å². The molecule has 0 aromatic rings. The van der Waals surface area contributed by atoms with E-state index in [0.717, 1.165) is 25.9 Å². The lowest BCUT2D eigenvalue weighted by molar-refractivity contribution is -0.153. The number of carbonyl (C=O) groups excluding carboxylic acids is 4. The van der Waals surface area contributed by atoms with E-state index >= 15 is 0 Å². The summed E-state index contributed by atoms with van der Waals surface area (Å²) < 4.78 is 0. The molecule has 1 aliphatic carbocycles. The first-order valence-electron chi connectivity index (χ1n) is 13.2. The summed E-state index contributed by atoms with van der Waals surface area (Å²) in [6, 6.07) is -0.726. The van der Waals surface area contributed by atoms with Crippen molar-refractivity contribution in [1.29, 1.82) is 0 Å². The van der Waals surface area contributed by atoms with E-state index in [4.69, 9.17) is 0 Å². The number of carbonyl (C=O) groups is 4. The fraction of sp³-hybridized carbons (Fsp3) is 0.769. The Kier molecular flexibility index (Phi) is 8.06. The van der Waals surface area contributed by atoms with Crippen LogP contribution in [-0.4, -0.2) is 95.1 Å². The van der Waals surface area contributed by atoms with Crippen molar-refractivity contribution in [2.24, 2.45) is 17.8 Å². The zero-order valence-corrected chi connectivity index (χ0v) is 20.8. The van der Waals surface area contributed by atoms with E-state index in [2.05, 4.69) is 4.90 Å². The van der Waals surface area contributed by atoms with Crippen molar-refractivity contribution in [2.45, 2.75) is 64.8 Å². The van der Waals surface area contributed by atoms with Gasteiger partial charge in [0.1, 0.15) is 6.04 Å². The maximum Gasteiger partial charge on any atom is 0.245 e. The molecular weight excluding hydrogens is 432 g/mol. The fourth-order valence-corrected chi connectivity index (χ4v) is 5.84. The fourth-order valence-electron chi connectivity index (χ4n) is 5.84. The molecule has 3 atom stereocenters. The molecule has 3 aliphatic heterocycles. The van der Waals surface area contributed by atoms with E-state index in [0.29, 0.717) is 52.0 Å². The van der Waals surface area contributed by atoms with E-state index in [1.54, 1.807) is 4.90 Å². The maximum atomic E-state index is 13.6. The van der Waals surface area contributed by atoms with Gasteiger partial charge in [-0.1, -0.05) is 38.8 Å². The SMILES string of the molecule is CC(C)CC(C(=O)N1CCN(CC(=O)N2CCCCCC2)CC1)N1C(=O)C2CC=CCC2C1=O. The topological polar surface area (TPSA) is 81.2 Å². The Hall–Kier alpha value is -2.22. The molecule has 0 saturated carbocycles. The minimum atomic E-state index is -0.726. The Morgan fingerprint density at radius 3 is 1.91 bits per heavy atom. The van der Waals surface area contributed by atoms with Gasteiger partial charge < -0.3 is 9.80 Å². The first kappa shape index (κ1) is 24.9. The summed E-state index contributed by atoms with van der Waals surface area (Å²) in [5.41, 5.74) is 0. The zero-order valence-electron chi connectivity index (χ0n) is 20.8. The number of fused-ring (bicyclic) bond motifs is 1. The number of piperazine rings is 1. The van der Waals surface area contributed by atoms with Crippen LogP contribution in [0.25, 0.3) is 0 Å². The van der Waals surface area contributed by atoms with Gasteiger partial charge in [-0.15, -0.1) is 0 Å². The van der Waals surface area contributed by atoms with Gasteiger partial charge in [0, 0.05) is 39.3 Å². The third-order valence-corrected chi connectivity index (χ3v) is 7.83. The Balaban J connectivity index is 1.36. The third-order valence-electron chi connectivity index (χ3n) is 7.83. The summed E-state index contributed by atoms with van der Waals surface area (Å²) in [6.07, 6.45) is 10.1. The first-order chi connectivity index (χ1) is 16.4. The average molecular weight is 473 g/mol. The van der Waals surface area contributed by atoms with Crippen LogP contribution in [0.5, 0.6) is 0 Å². The molecule has 8 heteroatoms. The Bertz CT molecular complexity index is 784. The highest BCUT2D eigenvalue weighted by Crippen LogP contribution is 2.37. The largest absolute Gasteiger partial charge is 0.342 e. The highest BCUT2D eigenvalue weighted by molar-refractivity contribution is 6.08. The van der Waals surface area contributed by atoms with Crippen LogP contribution in [0.2, 0.25) is 0 Å². The summed E-state index contributed by atoms with van der Waals surface area (Å²) in [6.45, 7) is 8.45. The molecule has 4 rings (SSSR count). The number of allylic oxidation sites excluding steroid dienone is 2. The molecule has 0 bridgehead atoms. The van der Waals surface area contributed by atoms with Gasteiger partial charge in [0.25, 0.3) is 0 Å². The van der Waals surface area contributed by atoms with Crippen molar-refractivity contribution < 1.29 is 19.2 Å². The van der Waals surface area contributed by atoms with Crippen LogP contribution in [0.4, 0.5) is 0 Å². The van der Waals surface area contributed by atoms with E-state index in [9.17, 15) is 19.2 Å². The van der Waals surface area contributed by atoms with E-state index in [1.165, 1.54) is 17.7 Å². The highest BCUT2D eigenvalue weighted by atomic mass is 16.2. The molecule has 3 heterocycles. The maximum absolute atomic E-state index is 13.6. The molecule has 0 aromatic heterocycles. The van der Waals surface area contributed by atoms with Crippen LogP contribution in [0.15, 0.2) is 12.2 Å². The molecule has 188 valence electrons. The molecule has 3 unspecified atom stereocenters. The molecule has 8 nitrogen and oxygen atoms in total. The summed E-state index contributed by atoms with van der Waals surface area (Å²) in [5.74, 6) is -0.754. The molecule has 4 aliphatic rings. The van der Waals surface area contributed by atoms with Crippen LogP contribution < -0.4 is 0 Å². The van der Waals surface area contributed by atoms with Gasteiger partial charge in [0.05, 0.1) is 18.4 Å². The molecule has 34 heavy (non-hydrogen) atoms. The molecule has 4 amide bonds. The second kappa shape index (κ2) is 11.0. The molecule has 0 aromatic carbocycles. The minimum absolute atomic E-state index is 0.125. The average Bonchev–Trinajstić information content (AvgIpc) is 3.00.